The first-order valence-electron chi connectivity index (χ1n) is 7.29. The van der Waals surface area contributed by atoms with Crippen molar-refractivity contribution < 1.29 is 24.0 Å². The number of nitro benzene ring substituents is 1. The van der Waals surface area contributed by atoms with E-state index in [1.165, 1.54) is 6.07 Å². The number of nitrogens with one attached hydrogen (secondary N) is 1. The molecule has 0 saturated carbocycles. The predicted octanol–water partition coefficient (Wildman–Crippen LogP) is 1.21. The summed E-state index contributed by atoms with van der Waals surface area (Å²) in [4.78, 5) is 35.0. The van der Waals surface area contributed by atoms with Crippen LogP contribution in [0.25, 0.3) is 0 Å². The monoisotopic (exact) mass is 328 g/mol. The van der Waals surface area contributed by atoms with Gasteiger partial charge in [0.2, 0.25) is 0 Å². The third-order valence-corrected chi connectivity index (χ3v) is 4.43. The van der Waals surface area contributed by atoms with E-state index in [0.29, 0.717) is 33.7 Å². The molecule has 0 aliphatic carbocycles. The SMILES string of the molecule is Cc1ccc(C2C3=C(COC3=O)NC3=C2C(=O)OC3)cc1[N+](=O)[O-]. The molecular formula is C16H12N2O6. The number of carbonyl (C=O) groups excluding carboxylic acids is 2. The maximum Gasteiger partial charge on any atom is 0.337 e. The molecular weight excluding hydrogens is 316 g/mol. The van der Waals surface area contributed by atoms with Crippen molar-refractivity contribution in [1.29, 1.82) is 0 Å². The van der Waals surface area contributed by atoms with Crippen LogP contribution in [0.2, 0.25) is 0 Å². The van der Waals surface area contributed by atoms with Gasteiger partial charge < -0.3 is 14.8 Å². The summed E-state index contributed by atoms with van der Waals surface area (Å²) in [5.74, 6) is -1.78. The number of rotatable bonds is 2. The second-order valence-corrected chi connectivity index (χ2v) is 5.80. The Hall–Kier alpha value is -3.16. The highest BCUT2D eigenvalue weighted by atomic mass is 16.6. The Labute approximate surface area is 135 Å². The number of hydrogen-bond donors (Lipinski definition) is 1. The lowest BCUT2D eigenvalue weighted by atomic mass is 9.81. The first-order chi connectivity index (χ1) is 11.5. The van der Waals surface area contributed by atoms with E-state index in [4.69, 9.17) is 9.47 Å². The van der Waals surface area contributed by atoms with Crippen molar-refractivity contribution in [2.75, 3.05) is 13.2 Å². The summed E-state index contributed by atoms with van der Waals surface area (Å²) in [7, 11) is 0. The molecule has 8 nitrogen and oxygen atoms in total. The standard InChI is InChI=1S/C16H12N2O6/c1-7-2-3-8(4-11(7)18(21)22)12-13-9(5-23-15(13)19)17-10-6-24-16(20)14(10)12/h2-4,12,17H,5-6H2,1H3. The molecule has 3 aliphatic heterocycles. The highest BCUT2D eigenvalue weighted by molar-refractivity contribution is 6.02. The van der Waals surface area contributed by atoms with E-state index in [2.05, 4.69) is 5.32 Å². The van der Waals surface area contributed by atoms with Crippen LogP contribution in [0.5, 0.6) is 0 Å². The van der Waals surface area contributed by atoms with Gasteiger partial charge in [-0.3, -0.25) is 10.1 Å². The van der Waals surface area contributed by atoms with E-state index >= 15 is 0 Å². The second kappa shape index (κ2) is 4.92. The molecule has 3 aliphatic rings. The van der Waals surface area contributed by atoms with Gasteiger partial charge in [0.05, 0.1) is 33.4 Å². The highest BCUT2D eigenvalue weighted by Crippen LogP contribution is 2.44. The van der Waals surface area contributed by atoms with Crippen molar-refractivity contribution in [3.63, 3.8) is 0 Å². The molecule has 0 unspecified atom stereocenters. The van der Waals surface area contributed by atoms with Gasteiger partial charge in [-0.1, -0.05) is 12.1 Å². The maximum atomic E-state index is 12.1. The molecule has 0 atom stereocenters. The molecule has 122 valence electrons. The Morgan fingerprint density at radius 1 is 1.12 bits per heavy atom. The molecule has 0 saturated heterocycles. The number of esters is 2. The summed E-state index contributed by atoms with van der Waals surface area (Å²) in [6.45, 7) is 1.81. The summed E-state index contributed by atoms with van der Waals surface area (Å²) in [6.07, 6.45) is 0. The lowest BCUT2D eigenvalue weighted by Crippen LogP contribution is -2.27. The van der Waals surface area contributed by atoms with Crippen LogP contribution in [-0.2, 0) is 19.1 Å². The number of dihydropyridines is 1. The first kappa shape index (κ1) is 14.4. The van der Waals surface area contributed by atoms with E-state index in [1.54, 1.807) is 19.1 Å². The van der Waals surface area contributed by atoms with Crippen LogP contribution in [-0.4, -0.2) is 30.1 Å². The fraction of sp³-hybridized carbons (Fsp3) is 0.250. The predicted molar refractivity (Wildman–Crippen MR) is 79.7 cm³/mol. The third-order valence-electron chi connectivity index (χ3n) is 4.43. The molecule has 0 bridgehead atoms. The Morgan fingerprint density at radius 2 is 1.71 bits per heavy atom. The zero-order chi connectivity index (χ0) is 17.0. The lowest BCUT2D eigenvalue weighted by Gasteiger charge is -2.24. The molecule has 8 heteroatoms. The smallest absolute Gasteiger partial charge is 0.337 e. The van der Waals surface area contributed by atoms with E-state index in [-0.39, 0.29) is 18.9 Å². The maximum absolute atomic E-state index is 12.1. The largest absolute Gasteiger partial charge is 0.456 e. The van der Waals surface area contributed by atoms with Gasteiger partial charge in [-0.05, 0) is 12.5 Å². The molecule has 1 aromatic carbocycles. The summed E-state index contributed by atoms with van der Waals surface area (Å²) in [5.41, 5.74) is 2.70. The highest BCUT2D eigenvalue weighted by Gasteiger charge is 2.45. The van der Waals surface area contributed by atoms with Crippen LogP contribution in [0, 0.1) is 17.0 Å². The topological polar surface area (TPSA) is 108 Å². The van der Waals surface area contributed by atoms with Gasteiger partial charge >= 0.3 is 11.9 Å². The zero-order valence-electron chi connectivity index (χ0n) is 12.6. The van der Waals surface area contributed by atoms with Crippen LogP contribution in [0.3, 0.4) is 0 Å². The molecule has 1 N–H and O–H groups in total. The molecule has 1 aromatic rings. The number of nitro groups is 1. The number of carbonyl (C=O) groups is 2. The quantitative estimate of drug-likeness (QED) is 0.494. The van der Waals surface area contributed by atoms with Gasteiger partial charge in [-0.15, -0.1) is 0 Å². The fourth-order valence-electron chi connectivity index (χ4n) is 3.29. The fourth-order valence-corrected chi connectivity index (χ4v) is 3.29. The number of benzene rings is 1. The average molecular weight is 328 g/mol. The first-order valence-corrected chi connectivity index (χ1v) is 7.29. The summed E-state index contributed by atoms with van der Waals surface area (Å²) in [6, 6.07) is 4.69. The summed E-state index contributed by atoms with van der Waals surface area (Å²) >= 11 is 0. The Kier molecular flexibility index (Phi) is 2.96. The lowest BCUT2D eigenvalue weighted by molar-refractivity contribution is -0.385. The summed E-state index contributed by atoms with van der Waals surface area (Å²) < 4.78 is 10.1. The van der Waals surface area contributed by atoms with Gasteiger partial charge in [0.25, 0.3) is 5.69 Å². The number of aryl methyl sites for hydroxylation is 1. The Bertz CT molecular complexity index is 843. The summed E-state index contributed by atoms with van der Waals surface area (Å²) in [5, 5.41) is 14.2. The Balaban J connectivity index is 1.91. The number of ether oxygens (including phenoxy) is 2. The van der Waals surface area contributed by atoms with Crippen LogP contribution >= 0.6 is 0 Å². The van der Waals surface area contributed by atoms with E-state index in [0.717, 1.165) is 0 Å². The molecule has 4 rings (SSSR count). The number of hydrogen-bond acceptors (Lipinski definition) is 7. The van der Waals surface area contributed by atoms with E-state index in [1.807, 2.05) is 0 Å². The van der Waals surface area contributed by atoms with Gasteiger partial charge in [-0.2, -0.15) is 0 Å². The minimum absolute atomic E-state index is 0.0620. The molecule has 0 aromatic heterocycles. The molecule has 3 heterocycles. The van der Waals surface area contributed by atoms with Crippen LogP contribution in [0.1, 0.15) is 17.0 Å². The van der Waals surface area contributed by atoms with Crippen LogP contribution in [0.4, 0.5) is 5.69 Å². The molecule has 24 heavy (non-hydrogen) atoms. The minimum atomic E-state index is -0.722. The number of cyclic esters (lactones) is 2. The van der Waals surface area contributed by atoms with Gasteiger partial charge in [-0.25, -0.2) is 9.59 Å². The van der Waals surface area contributed by atoms with Crippen molar-refractivity contribution in [1.82, 2.24) is 5.32 Å². The normalized spacial score (nSPS) is 19.7. The van der Waals surface area contributed by atoms with Gasteiger partial charge in [0.1, 0.15) is 13.2 Å². The van der Waals surface area contributed by atoms with Crippen molar-refractivity contribution in [3.05, 3.63) is 62.0 Å². The minimum Gasteiger partial charge on any atom is -0.456 e. The van der Waals surface area contributed by atoms with Crippen molar-refractivity contribution in [3.8, 4) is 0 Å². The van der Waals surface area contributed by atoms with E-state index < -0.39 is 22.8 Å². The van der Waals surface area contributed by atoms with Crippen molar-refractivity contribution in [2.24, 2.45) is 0 Å². The van der Waals surface area contributed by atoms with Crippen LogP contribution < -0.4 is 5.32 Å². The molecule has 0 radical (unpaired) electrons. The average Bonchev–Trinajstić information content (AvgIpc) is 3.10. The molecule has 0 spiro atoms. The van der Waals surface area contributed by atoms with Crippen molar-refractivity contribution >= 4 is 17.6 Å². The van der Waals surface area contributed by atoms with E-state index in [9.17, 15) is 19.7 Å². The van der Waals surface area contributed by atoms with Gasteiger partial charge in [0, 0.05) is 11.6 Å². The van der Waals surface area contributed by atoms with Gasteiger partial charge in [0.15, 0.2) is 0 Å². The second-order valence-electron chi connectivity index (χ2n) is 5.80. The Morgan fingerprint density at radius 3 is 2.25 bits per heavy atom. The van der Waals surface area contributed by atoms with Crippen molar-refractivity contribution in [2.45, 2.75) is 12.8 Å². The zero-order valence-corrected chi connectivity index (χ0v) is 12.6. The van der Waals surface area contributed by atoms with Crippen LogP contribution in [0.15, 0.2) is 40.7 Å². The molecule has 0 fully saturated rings. The third kappa shape index (κ3) is 1.92. The number of nitrogens with zero attached hydrogens (tertiary/aromatic N) is 1. The molecule has 0 amide bonds.